The molecule has 23 heavy (non-hydrogen) atoms. The van der Waals surface area contributed by atoms with Crippen LogP contribution in [0.25, 0.3) is 0 Å². The number of thioether (sulfide) groups is 1. The Bertz CT molecular complexity index is 528. The summed E-state index contributed by atoms with van der Waals surface area (Å²) in [5.41, 5.74) is 13.4. The van der Waals surface area contributed by atoms with E-state index in [4.69, 9.17) is 17.3 Å². The van der Waals surface area contributed by atoms with Gasteiger partial charge in [-0.25, -0.2) is 4.39 Å². The van der Waals surface area contributed by atoms with Gasteiger partial charge in [-0.3, -0.25) is 15.2 Å². The molecule has 1 aliphatic rings. The second-order valence-electron chi connectivity index (χ2n) is 4.34. The van der Waals surface area contributed by atoms with Crippen LogP contribution in [0, 0.1) is 5.82 Å². The molecule has 0 radical (unpaired) electrons. The molecule has 1 aromatic rings. The summed E-state index contributed by atoms with van der Waals surface area (Å²) in [5.74, 6) is 4.50. The molecule has 1 heterocycles. The number of amidine groups is 1. The van der Waals surface area contributed by atoms with Crippen LogP contribution in [0.15, 0.2) is 40.1 Å². The summed E-state index contributed by atoms with van der Waals surface area (Å²) in [4.78, 5) is 4.30. The zero-order chi connectivity index (χ0) is 17.8. The van der Waals surface area contributed by atoms with Gasteiger partial charge >= 0.3 is 0 Å². The van der Waals surface area contributed by atoms with E-state index >= 15 is 0 Å². The molecule has 7 N–H and O–H groups in total. The van der Waals surface area contributed by atoms with Gasteiger partial charge in [0.15, 0.2) is 5.17 Å². The Balaban J connectivity index is 0.000000594. The van der Waals surface area contributed by atoms with Crippen molar-refractivity contribution in [3.05, 3.63) is 46.5 Å². The van der Waals surface area contributed by atoms with Gasteiger partial charge in [0.1, 0.15) is 5.82 Å². The number of aliphatic imine (C=N–C) groups is 1. The highest BCUT2D eigenvalue weighted by molar-refractivity contribution is 9.10. The van der Waals surface area contributed by atoms with Crippen molar-refractivity contribution in [2.75, 3.05) is 7.18 Å². The highest BCUT2D eigenvalue weighted by Gasteiger charge is 2.23. The third kappa shape index (κ3) is 8.19. The standard InChI is InChI=1S/C11H12BrFN2S.C2H7N3.CH3F/c1-6-4-10(15-11(14)16-6)8-5-7(12)2-3-9(8)13;3-1-2-5-4;1-2/h2-3,5-6,10H,4H2,1H3,(H2,14,15);1-2,5H,3-4H2;1H3/b;2-1-;. The van der Waals surface area contributed by atoms with Crippen LogP contribution in [0.3, 0.4) is 0 Å². The van der Waals surface area contributed by atoms with Crippen molar-refractivity contribution in [3.8, 4) is 0 Å². The summed E-state index contributed by atoms with van der Waals surface area (Å²) < 4.78 is 24.0. The molecular weight excluding hydrogens is 388 g/mol. The molecule has 0 bridgehead atoms. The average Bonchev–Trinajstić information content (AvgIpc) is 2.52. The van der Waals surface area contributed by atoms with Crippen molar-refractivity contribution in [3.63, 3.8) is 0 Å². The van der Waals surface area contributed by atoms with Crippen molar-refractivity contribution < 1.29 is 8.78 Å². The van der Waals surface area contributed by atoms with Crippen molar-refractivity contribution in [1.29, 1.82) is 0 Å². The predicted octanol–water partition coefficient (Wildman–Crippen LogP) is 2.93. The Morgan fingerprint density at radius 2 is 2.09 bits per heavy atom. The molecular formula is C14H22BrF2N5S. The summed E-state index contributed by atoms with van der Waals surface area (Å²) in [6.07, 6.45) is 3.57. The van der Waals surface area contributed by atoms with Crippen molar-refractivity contribution >= 4 is 32.9 Å². The first-order valence-corrected chi connectivity index (χ1v) is 8.30. The number of nitrogens with zero attached hydrogens (tertiary/aromatic N) is 1. The summed E-state index contributed by atoms with van der Waals surface area (Å²) in [6.45, 7) is 2.08. The van der Waals surface area contributed by atoms with Crippen LogP contribution in [0.4, 0.5) is 8.78 Å². The maximum atomic E-state index is 13.7. The molecule has 2 unspecified atom stereocenters. The molecule has 5 nitrogen and oxygen atoms in total. The molecule has 0 saturated carbocycles. The van der Waals surface area contributed by atoms with Crippen LogP contribution in [0.5, 0.6) is 0 Å². The van der Waals surface area contributed by atoms with Crippen molar-refractivity contribution in [2.45, 2.75) is 24.6 Å². The van der Waals surface area contributed by atoms with E-state index in [1.807, 2.05) is 0 Å². The van der Waals surface area contributed by atoms with Gasteiger partial charge in [-0.15, -0.1) is 0 Å². The average molecular weight is 410 g/mol. The van der Waals surface area contributed by atoms with Crippen LogP contribution in [0.1, 0.15) is 24.9 Å². The number of nitrogens with two attached hydrogens (primary N) is 3. The number of hydrazine groups is 1. The molecule has 2 atom stereocenters. The second-order valence-corrected chi connectivity index (χ2v) is 6.71. The fourth-order valence-corrected chi connectivity index (χ4v) is 3.09. The molecule has 9 heteroatoms. The minimum absolute atomic E-state index is 0.159. The first-order chi connectivity index (χ1) is 11.0. The summed E-state index contributed by atoms with van der Waals surface area (Å²) in [7, 11) is 0.500. The summed E-state index contributed by atoms with van der Waals surface area (Å²) in [5, 5.41) is 0.920. The van der Waals surface area contributed by atoms with E-state index in [9.17, 15) is 8.78 Å². The predicted molar refractivity (Wildman–Crippen MR) is 97.8 cm³/mol. The minimum Gasteiger partial charge on any atom is -0.403 e. The van der Waals surface area contributed by atoms with Gasteiger partial charge in [-0.05, 0) is 24.6 Å². The topological polar surface area (TPSA) is 102 Å². The monoisotopic (exact) mass is 409 g/mol. The van der Waals surface area contributed by atoms with Gasteiger partial charge < -0.3 is 16.9 Å². The van der Waals surface area contributed by atoms with Gasteiger partial charge in [0, 0.05) is 27.7 Å². The van der Waals surface area contributed by atoms with Gasteiger partial charge in [0.05, 0.1) is 13.2 Å². The third-order valence-corrected chi connectivity index (χ3v) is 4.10. The van der Waals surface area contributed by atoms with E-state index in [1.165, 1.54) is 18.5 Å². The van der Waals surface area contributed by atoms with E-state index < -0.39 is 0 Å². The van der Waals surface area contributed by atoms with Gasteiger partial charge in [-0.2, -0.15) is 0 Å². The zero-order valence-corrected chi connectivity index (χ0v) is 15.4. The number of hydrogen-bond acceptors (Lipinski definition) is 6. The molecule has 130 valence electrons. The lowest BCUT2D eigenvalue weighted by molar-refractivity contribution is 0.562. The third-order valence-electron chi connectivity index (χ3n) is 2.67. The Morgan fingerprint density at radius 3 is 2.57 bits per heavy atom. The van der Waals surface area contributed by atoms with Crippen LogP contribution in [0.2, 0.25) is 0 Å². The van der Waals surface area contributed by atoms with Crippen LogP contribution in [-0.4, -0.2) is 17.6 Å². The van der Waals surface area contributed by atoms with Gasteiger partial charge in [-0.1, -0.05) is 34.6 Å². The number of alkyl halides is 1. The molecule has 0 saturated heterocycles. The van der Waals surface area contributed by atoms with E-state index in [-0.39, 0.29) is 11.9 Å². The lowest BCUT2D eigenvalue weighted by atomic mass is 10.0. The Labute approximate surface area is 147 Å². The maximum Gasteiger partial charge on any atom is 0.154 e. The van der Waals surface area contributed by atoms with Gasteiger partial charge in [0.2, 0.25) is 0 Å². The van der Waals surface area contributed by atoms with Crippen LogP contribution >= 0.6 is 27.7 Å². The number of benzene rings is 1. The lowest BCUT2D eigenvalue weighted by Gasteiger charge is -2.23. The largest absolute Gasteiger partial charge is 0.403 e. The molecule has 2 rings (SSSR count). The summed E-state index contributed by atoms with van der Waals surface area (Å²) >= 11 is 4.88. The quantitative estimate of drug-likeness (QED) is 0.444. The molecule has 1 aromatic carbocycles. The number of nitrogens with one attached hydrogen (secondary N) is 1. The van der Waals surface area contributed by atoms with Crippen molar-refractivity contribution in [2.24, 2.45) is 22.3 Å². The molecule has 0 aliphatic carbocycles. The molecule has 0 fully saturated rings. The SMILES string of the molecule is CC1CC(c2cc(Br)ccc2F)N=C(N)S1.CF.N/C=C\NN. The Morgan fingerprint density at radius 1 is 1.43 bits per heavy atom. The smallest absolute Gasteiger partial charge is 0.154 e. The fourth-order valence-electron chi connectivity index (χ4n) is 1.83. The fraction of sp³-hybridized carbons (Fsp3) is 0.357. The Kier molecular flexibility index (Phi) is 11.4. The number of rotatable bonds is 2. The van der Waals surface area contributed by atoms with Crippen LogP contribution in [-0.2, 0) is 0 Å². The van der Waals surface area contributed by atoms with E-state index in [0.29, 0.717) is 23.2 Å². The van der Waals surface area contributed by atoms with Crippen molar-refractivity contribution in [1.82, 2.24) is 5.43 Å². The molecule has 1 aliphatic heterocycles. The van der Waals surface area contributed by atoms with E-state index in [2.05, 4.69) is 33.3 Å². The highest BCUT2D eigenvalue weighted by atomic mass is 79.9. The summed E-state index contributed by atoms with van der Waals surface area (Å²) in [6, 6.07) is 4.76. The van der Waals surface area contributed by atoms with E-state index in [1.54, 1.807) is 23.9 Å². The molecule has 0 spiro atoms. The highest BCUT2D eigenvalue weighted by Crippen LogP contribution is 2.35. The Hall–Kier alpha value is -1.32. The first kappa shape index (κ1) is 21.7. The van der Waals surface area contributed by atoms with E-state index in [0.717, 1.165) is 10.9 Å². The molecule has 0 aromatic heterocycles. The maximum absolute atomic E-state index is 13.7. The number of halogens is 3. The van der Waals surface area contributed by atoms with Crippen LogP contribution < -0.4 is 22.7 Å². The minimum atomic E-state index is -0.219. The molecule has 0 amide bonds. The number of hydrogen-bond donors (Lipinski definition) is 4. The van der Waals surface area contributed by atoms with Gasteiger partial charge in [0.25, 0.3) is 0 Å². The second kappa shape index (κ2) is 12.1. The lowest BCUT2D eigenvalue weighted by Crippen LogP contribution is -2.21. The first-order valence-electron chi connectivity index (χ1n) is 6.63. The zero-order valence-electron chi connectivity index (χ0n) is 13.0. The normalized spacial score (nSPS) is 19.8.